The number of hydrogen-bond donors (Lipinski definition) is 1. The van der Waals surface area contributed by atoms with Gasteiger partial charge in [-0.1, -0.05) is 13.8 Å². The molecular weight excluding hydrogens is 258 g/mol. The third-order valence-electron chi connectivity index (χ3n) is 3.24. The van der Waals surface area contributed by atoms with Crippen LogP contribution in [-0.2, 0) is 11.3 Å². The molecule has 1 unspecified atom stereocenters. The van der Waals surface area contributed by atoms with Crippen molar-refractivity contribution in [2.24, 2.45) is 5.92 Å². The molecule has 1 N–H and O–H groups in total. The monoisotopic (exact) mass is 283 g/mol. The molecule has 4 heteroatoms. The second-order valence-corrected chi connectivity index (χ2v) is 6.66. The average Bonchev–Trinajstić information content (AvgIpc) is 3.07. The summed E-state index contributed by atoms with van der Waals surface area (Å²) in [5, 5.41) is 14.4. The molecule has 1 atom stereocenters. The first-order valence-electron chi connectivity index (χ1n) is 7.16. The summed E-state index contributed by atoms with van der Waals surface area (Å²) in [6, 6.07) is 2.83. The molecule has 1 aliphatic rings. The minimum atomic E-state index is -0.377. The third kappa shape index (κ3) is 5.61. The molecule has 0 aliphatic heterocycles. The normalized spacial score (nSPS) is 17.3. The van der Waals surface area contributed by atoms with Crippen molar-refractivity contribution in [3.63, 3.8) is 0 Å². The van der Waals surface area contributed by atoms with Crippen LogP contribution < -0.4 is 0 Å². The van der Waals surface area contributed by atoms with Gasteiger partial charge in [-0.2, -0.15) is 11.3 Å². The molecule has 19 heavy (non-hydrogen) atoms. The predicted molar refractivity (Wildman–Crippen MR) is 79.4 cm³/mol. The number of nitrogens with zero attached hydrogens (tertiary/aromatic N) is 1. The lowest BCUT2D eigenvalue weighted by molar-refractivity contribution is 0.00549. The van der Waals surface area contributed by atoms with Crippen LogP contribution in [0.25, 0.3) is 0 Å². The van der Waals surface area contributed by atoms with Crippen LogP contribution in [0.15, 0.2) is 16.8 Å². The highest BCUT2D eigenvalue weighted by molar-refractivity contribution is 7.07. The van der Waals surface area contributed by atoms with E-state index in [1.165, 1.54) is 18.4 Å². The lowest BCUT2D eigenvalue weighted by Gasteiger charge is -2.24. The smallest absolute Gasteiger partial charge is 0.0900 e. The Balaban J connectivity index is 1.73. The maximum absolute atomic E-state index is 10.1. The minimum absolute atomic E-state index is 0.377. The summed E-state index contributed by atoms with van der Waals surface area (Å²) in [7, 11) is 0. The van der Waals surface area contributed by atoms with Crippen molar-refractivity contribution in [1.29, 1.82) is 0 Å². The van der Waals surface area contributed by atoms with Crippen molar-refractivity contribution >= 4 is 11.3 Å². The maximum atomic E-state index is 10.1. The Labute approximate surface area is 120 Å². The molecular formula is C15H25NO2S. The highest BCUT2D eigenvalue weighted by atomic mass is 32.1. The van der Waals surface area contributed by atoms with Crippen LogP contribution in [0.2, 0.25) is 0 Å². The van der Waals surface area contributed by atoms with Gasteiger partial charge in [-0.15, -0.1) is 0 Å². The van der Waals surface area contributed by atoms with Gasteiger partial charge < -0.3 is 9.84 Å². The first-order valence-corrected chi connectivity index (χ1v) is 8.10. The standard InChI is InChI=1S/C15H25NO2S/c1-12(2)9-18-10-15(17)8-16(14-3-4-14)7-13-5-6-19-11-13/h5-6,11-12,14-15,17H,3-4,7-10H2,1-2H3. The van der Waals surface area contributed by atoms with Gasteiger partial charge in [-0.25, -0.2) is 0 Å². The van der Waals surface area contributed by atoms with Gasteiger partial charge in [0.2, 0.25) is 0 Å². The van der Waals surface area contributed by atoms with Gasteiger partial charge >= 0.3 is 0 Å². The lowest BCUT2D eigenvalue weighted by Crippen LogP contribution is -2.36. The second-order valence-electron chi connectivity index (χ2n) is 5.88. The molecule has 0 amide bonds. The van der Waals surface area contributed by atoms with E-state index in [0.717, 1.165) is 19.7 Å². The van der Waals surface area contributed by atoms with Crippen molar-refractivity contribution < 1.29 is 9.84 Å². The van der Waals surface area contributed by atoms with Crippen LogP contribution in [0, 0.1) is 5.92 Å². The van der Waals surface area contributed by atoms with Gasteiger partial charge in [0.1, 0.15) is 0 Å². The number of ether oxygens (including phenoxy) is 1. The van der Waals surface area contributed by atoms with Crippen LogP contribution in [0.4, 0.5) is 0 Å². The first-order chi connectivity index (χ1) is 9.15. The van der Waals surface area contributed by atoms with Crippen LogP contribution in [0.5, 0.6) is 0 Å². The van der Waals surface area contributed by atoms with Crippen LogP contribution in [-0.4, -0.2) is 41.9 Å². The first kappa shape index (κ1) is 15.0. The molecule has 0 saturated heterocycles. The molecule has 1 aromatic rings. The molecule has 0 radical (unpaired) electrons. The Hall–Kier alpha value is -0.420. The third-order valence-corrected chi connectivity index (χ3v) is 3.97. The number of aliphatic hydroxyl groups is 1. The van der Waals surface area contributed by atoms with E-state index in [2.05, 4.69) is 35.6 Å². The molecule has 1 aromatic heterocycles. The molecule has 1 saturated carbocycles. The van der Waals surface area contributed by atoms with Gasteiger partial charge in [0.15, 0.2) is 0 Å². The minimum Gasteiger partial charge on any atom is -0.389 e. The zero-order valence-corrected chi connectivity index (χ0v) is 12.7. The van der Waals surface area contributed by atoms with E-state index < -0.39 is 0 Å². The fourth-order valence-corrected chi connectivity index (χ4v) is 2.82. The number of aliphatic hydroxyl groups excluding tert-OH is 1. The van der Waals surface area contributed by atoms with Crippen molar-refractivity contribution in [2.45, 2.75) is 45.4 Å². The molecule has 1 fully saturated rings. The van der Waals surface area contributed by atoms with E-state index >= 15 is 0 Å². The molecule has 1 heterocycles. The van der Waals surface area contributed by atoms with Crippen LogP contribution in [0.1, 0.15) is 32.3 Å². The summed E-state index contributed by atoms with van der Waals surface area (Å²) in [4.78, 5) is 2.39. The molecule has 108 valence electrons. The van der Waals surface area contributed by atoms with Gasteiger partial charge in [0.25, 0.3) is 0 Å². The topological polar surface area (TPSA) is 32.7 Å². The summed E-state index contributed by atoms with van der Waals surface area (Å²) in [5.41, 5.74) is 1.35. The number of rotatable bonds is 9. The van der Waals surface area contributed by atoms with Crippen molar-refractivity contribution in [3.8, 4) is 0 Å². The van der Waals surface area contributed by atoms with Gasteiger partial charge in [-0.3, -0.25) is 4.90 Å². The maximum Gasteiger partial charge on any atom is 0.0900 e. The van der Waals surface area contributed by atoms with Gasteiger partial charge in [-0.05, 0) is 41.1 Å². The summed E-state index contributed by atoms with van der Waals surface area (Å²) >= 11 is 1.74. The largest absolute Gasteiger partial charge is 0.389 e. The Bertz CT molecular complexity index is 349. The second kappa shape index (κ2) is 7.39. The Morgan fingerprint density at radius 2 is 2.21 bits per heavy atom. The molecule has 1 aliphatic carbocycles. The molecule has 0 aromatic carbocycles. The van der Waals surface area contributed by atoms with E-state index in [1.54, 1.807) is 11.3 Å². The predicted octanol–water partition coefficient (Wildman–Crippen LogP) is 2.75. The van der Waals surface area contributed by atoms with E-state index in [9.17, 15) is 5.11 Å². The summed E-state index contributed by atoms with van der Waals surface area (Å²) < 4.78 is 5.52. The van der Waals surface area contributed by atoms with Crippen LogP contribution in [0.3, 0.4) is 0 Å². The summed E-state index contributed by atoms with van der Waals surface area (Å²) in [6.07, 6.45) is 2.16. The fraction of sp³-hybridized carbons (Fsp3) is 0.733. The highest BCUT2D eigenvalue weighted by Crippen LogP contribution is 2.28. The van der Waals surface area contributed by atoms with Crippen molar-refractivity contribution in [3.05, 3.63) is 22.4 Å². The summed E-state index contributed by atoms with van der Waals surface area (Å²) in [5.74, 6) is 0.526. The SMILES string of the molecule is CC(C)COCC(O)CN(Cc1ccsc1)C1CC1. The molecule has 2 rings (SSSR count). The van der Waals surface area contributed by atoms with Crippen molar-refractivity contribution in [2.75, 3.05) is 19.8 Å². The van der Waals surface area contributed by atoms with Gasteiger partial charge in [0, 0.05) is 25.7 Å². The average molecular weight is 283 g/mol. The zero-order chi connectivity index (χ0) is 13.7. The number of hydrogen-bond acceptors (Lipinski definition) is 4. The Kier molecular flexibility index (Phi) is 5.82. The molecule has 3 nitrogen and oxygen atoms in total. The fourth-order valence-electron chi connectivity index (χ4n) is 2.16. The van der Waals surface area contributed by atoms with E-state index in [-0.39, 0.29) is 6.10 Å². The molecule has 0 bridgehead atoms. The highest BCUT2D eigenvalue weighted by Gasteiger charge is 2.30. The quantitative estimate of drug-likeness (QED) is 0.756. The number of thiophene rings is 1. The van der Waals surface area contributed by atoms with Gasteiger partial charge in [0.05, 0.1) is 12.7 Å². The van der Waals surface area contributed by atoms with E-state index in [4.69, 9.17) is 4.74 Å². The lowest BCUT2D eigenvalue weighted by atomic mass is 10.2. The van der Waals surface area contributed by atoms with Crippen LogP contribution >= 0.6 is 11.3 Å². The summed E-state index contributed by atoms with van der Waals surface area (Å²) in [6.45, 7) is 7.10. The zero-order valence-electron chi connectivity index (χ0n) is 11.9. The Morgan fingerprint density at radius 1 is 1.42 bits per heavy atom. The van der Waals surface area contributed by atoms with E-state index in [1.807, 2.05) is 0 Å². The Morgan fingerprint density at radius 3 is 2.79 bits per heavy atom. The van der Waals surface area contributed by atoms with E-state index in [0.29, 0.717) is 18.6 Å². The molecule has 0 spiro atoms. The van der Waals surface area contributed by atoms with Crippen molar-refractivity contribution in [1.82, 2.24) is 4.90 Å².